The van der Waals surface area contributed by atoms with E-state index in [1.165, 1.54) is 32.8 Å². The molecule has 10 heterocycles. The van der Waals surface area contributed by atoms with E-state index in [0.29, 0.717) is 22.1 Å². The lowest BCUT2D eigenvalue weighted by atomic mass is 9.97. The summed E-state index contributed by atoms with van der Waals surface area (Å²) in [6, 6.07) is 92.4. The first-order valence-electron chi connectivity index (χ1n) is 46.1. The molecule has 0 atom stereocenters. The second-order valence-corrected chi connectivity index (χ2v) is 33.5. The van der Waals surface area contributed by atoms with Crippen LogP contribution in [0.25, 0.3) is 220 Å². The Morgan fingerprint density at radius 3 is 1.10 bits per heavy atom. The van der Waals surface area contributed by atoms with Crippen molar-refractivity contribution in [3.8, 4) is 56.7 Å². The van der Waals surface area contributed by atoms with Gasteiger partial charge in [-0.1, -0.05) is 203 Å². The summed E-state index contributed by atoms with van der Waals surface area (Å²) in [4.78, 5) is 14.0. The van der Waals surface area contributed by atoms with Gasteiger partial charge in [-0.3, -0.25) is 0 Å². The molecule has 0 aliphatic rings. The van der Waals surface area contributed by atoms with Crippen LogP contribution in [-0.4, -0.2) is 25.1 Å². The van der Waals surface area contributed by atoms with Crippen molar-refractivity contribution in [3.63, 3.8) is 0 Å². The van der Waals surface area contributed by atoms with Gasteiger partial charge in [-0.25, -0.2) is 13.7 Å². The molecule has 0 aliphatic carbocycles. The van der Waals surface area contributed by atoms with E-state index in [0.717, 1.165) is 210 Å². The predicted octanol–water partition coefficient (Wildman–Crippen LogP) is 25.9. The average Bonchev–Trinajstić information content (AvgIpc) is 1.59. The van der Waals surface area contributed by atoms with Crippen LogP contribution in [0, 0.1) is 62.2 Å². The summed E-state index contributed by atoms with van der Waals surface area (Å²) in [6.45, 7) is 9.99. The number of aromatic nitrogens is 10. The van der Waals surface area contributed by atoms with Crippen LogP contribution < -0.4 is 23.1 Å². The lowest BCUT2D eigenvalue weighted by Crippen LogP contribution is -2.36. The summed E-state index contributed by atoms with van der Waals surface area (Å²) in [7, 11) is 9.70. The lowest BCUT2D eigenvalue weighted by molar-refractivity contribution is -0.720. The molecule has 25 aromatic rings. The molecule has 0 saturated heterocycles. The van der Waals surface area contributed by atoms with E-state index in [1.54, 1.807) is 36.3 Å². The quantitative estimate of drug-likeness (QED) is 0.152. The molecule has 10 aromatic heterocycles. The number of furan rings is 5. The lowest BCUT2D eigenvalue weighted by Gasteiger charge is -2.07. The molecule has 0 radical (unpaired) electrons. The van der Waals surface area contributed by atoms with E-state index in [1.807, 2.05) is 166 Å². The van der Waals surface area contributed by atoms with E-state index < -0.39 is 13.7 Å². The predicted molar refractivity (Wildman–Crippen MR) is 521 cm³/mol. The van der Waals surface area contributed by atoms with E-state index >= 15 is 0 Å². The fourth-order valence-corrected chi connectivity index (χ4v) is 18.8. The number of fused-ring (bicyclic) bond motifs is 25. The van der Waals surface area contributed by atoms with Crippen molar-refractivity contribution >= 4 is 164 Å². The summed E-state index contributed by atoms with van der Waals surface area (Å²) in [6.07, 6.45) is 11.4. The minimum Gasteiger partial charge on any atom is -0.454 e. The number of benzene rings is 15. The number of hydrogen-bond acceptors (Lipinski definition) is 10. The van der Waals surface area contributed by atoms with Crippen LogP contribution in [0.4, 0.5) is 0 Å². The average molecular weight is 1690 g/mol. The number of aryl methyl sites for hydroxylation is 13. The molecule has 129 heavy (non-hydrogen) atoms. The highest BCUT2D eigenvalue weighted by Gasteiger charge is 2.30. The van der Waals surface area contributed by atoms with E-state index in [4.69, 9.17) is 35.3 Å². The first-order valence-corrected chi connectivity index (χ1v) is 43.1. The normalized spacial score (nSPS) is 12.5. The maximum Gasteiger partial charge on any atom is 0.334 e. The Hall–Kier alpha value is -16.0. The minimum atomic E-state index is -2.25. The van der Waals surface area contributed by atoms with Crippen LogP contribution in [0.1, 0.15) is 58.6 Å². The molecule has 624 valence electrons. The van der Waals surface area contributed by atoms with Gasteiger partial charge in [-0.05, 0) is 195 Å². The van der Waals surface area contributed by atoms with Gasteiger partial charge in [0, 0.05) is 126 Å². The van der Waals surface area contributed by atoms with Gasteiger partial charge in [-0.15, -0.1) is 0 Å². The van der Waals surface area contributed by atoms with Gasteiger partial charge < -0.3 is 22.1 Å². The van der Waals surface area contributed by atoms with Crippen molar-refractivity contribution in [3.05, 3.63) is 360 Å². The van der Waals surface area contributed by atoms with Gasteiger partial charge in [0.15, 0.2) is 36.5 Å². The van der Waals surface area contributed by atoms with E-state index in [9.17, 15) is 0 Å². The Kier molecular flexibility index (Phi) is 18.3. The van der Waals surface area contributed by atoms with E-state index in [-0.39, 0.29) is 5.69 Å². The number of nitrogens with zero attached hydrogens (tertiary/aromatic N) is 10. The van der Waals surface area contributed by atoms with Crippen molar-refractivity contribution in [2.45, 2.75) is 62.2 Å². The molecule has 15 nitrogen and oxygen atoms in total. The largest absolute Gasteiger partial charge is 0.454 e. The SMILES string of the molecule is Cc1cc2c(oc3c4ccccc4ccc23)c(-c2nccc[n+]2C)c1C.Cc1cc[n+](C)c(-c2c(C)ccc3c2oc2c4ccccc4ccc32)n1.Cc1ccc2c(oc3c4ccccc4ccc23)c1-c1cccn[n+]1C.[2H]C([2H])([2H])c1cc(C)c(-c2nccc[n+]2C)c2oc3c4ccccc4ccc3c12.[2H]C([2H])([2H])c1ccc(-c2c(C)ccc3c2oc2c4ccccc4ccc32)[n+](C)n1. The van der Waals surface area contributed by atoms with E-state index in [2.05, 4.69) is 234 Å². The second kappa shape index (κ2) is 32.2. The molecule has 0 saturated carbocycles. The monoisotopic (exact) mass is 1690 g/mol. The zero-order chi connectivity index (χ0) is 93.3. The molecular formula is C114H93N10O5+5. The summed E-state index contributed by atoms with van der Waals surface area (Å²) in [5.41, 5.74) is 23.4. The maximum atomic E-state index is 8.12. The smallest absolute Gasteiger partial charge is 0.334 e. The van der Waals surface area contributed by atoms with Crippen molar-refractivity contribution in [2.24, 2.45) is 35.2 Å². The number of hydrogen-bond donors (Lipinski definition) is 0. The standard InChI is InChI=1S/4C23H19N2O.C22H17N2O/c1-14-13-19-18-10-9-16-7-4-5-8-17(16)21(18)26-22(19)20(15(14)2)23-24-11-6-12-25(23)3;1-14-13-15(2)20(23-24-11-6-12-25(23)3)22-19(14)18-10-9-16-7-4-5-8-17(16)21(18)26-22;1-14-8-11-19-18-12-10-16-6-4-5-7-17(16)22(18)26-23(19)21(14)20-13-9-15(2)24-25(20)3;1-14-8-10-19-18-11-9-16-6-4-5-7-17(16)21(18)26-22(19)20(14)23-24-15(2)12-13-25(23)3;1-14-9-11-18-17-12-10-15-6-3-4-7-16(15)21(17)25-22(18)20(14)19-8-5-13-23-24(19)2/h4*4-13H,1-3H3;3-13H,1-2H3/q5*+1/i;1D3;2D3;;. The van der Waals surface area contributed by atoms with Crippen molar-refractivity contribution in [1.82, 2.24) is 25.1 Å². The molecule has 15 aromatic carbocycles. The first-order chi connectivity index (χ1) is 65.2. The fourth-order valence-electron chi connectivity index (χ4n) is 18.8. The van der Waals surface area contributed by atoms with Crippen molar-refractivity contribution in [2.75, 3.05) is 0 Å². The van der Waals surface area contributed by atoms with Gasteiger partial charge in [-0.2, -0.15) is 0 Å². The molecule has 0 unspecified atom stereocenters. The molecule has 0 spiro atoms. The summed E-state index contributed by atoms with van der Waals surface area (Å²) >= 11 is 0. The second-order valence-electron chi connectivity index (χ2n) is 33.5. The van der Waals surface area contributed by atoms with Crippen LogP contribution in [0.15, 0.2) is 332 Å². The molecule has 0 amide bonds. The highest BCUT2D eigenvalue weighted by molar-refractivity contribution is 6.22. The molecule has 0 fully saturated rings. The molecule has 0 aliphatic heterocycles. The van der Waals surface area contributed by atoms with Gasteiger partial charge in [0.2, 0.25) is 11.4 Å². The van der Waals surface area contributed by atoms with Crippen molar-refractivity contribution < 1.29 is 53.4 Å². The molecule has 15 heteroatoms. The third-order valence-corrected chi connectivity index (χ3v) is 25.4. The van der Waals surface area contributed by atoms with Crippen LogP contribution in [0.5, 0.6) is 0 Å². The zero-order valence-electron chi connectivity index (χ0n) is 79.5. The molecular weight excluding hydrogens is 1590 g/mol. The highest BCUT2D eigenvalue weighted by atomic mass is 16.3. The summed E-state index contributed by atoms with van der Waals surface area (Å²) < 4.78 is 89.0. The fraction of sp³-hybridized carbons (Fsp3) is 0.123. The molecule has 25 rings (SSSR count). The van der Waals surface area contributed by atoms with Gasteiger partial charge in [0.05, 0.1) is 57.1 Å². The van der Waals surface area contributed by atoms with Crippen LogP contribution >= 0.6 is 0 Å². The van der Waals surface area contributed by atoms with Crippen LogP contribution in [0.2, 0.25) is 0 Å². The van der Waals surface area contributed by atoms with Crippen LogP contribution in [-0.2, 0) is 35.2 Å². The Morgan fingerprint density at radius 1 is 0.256 bits per heavy atom. The highest BCUT2D eigenvalue weighted by Crippen LogP contribution is 2.47. The van der Waals surface area contributed by atoms with Crippen LogP contribution in [0.3, 0.4) is 0 Å². The summed E-state index contributed by atoms with van der Waals surface area (Å²) in [5.74, 6) is 2.58. The van der Waals surface area contributed by atoms with Gasteiger partial charge in [0.1, 0.15) is 73.9 Å². The Morgan fingerprint density at radius 2 is 0.643 bits per heavy atom. The third-order valence-electron chi connectivity index (χ3n) is 25.4. The van der Waals surface area contributed by atoms with Gasteiger partial charge >= 0.3 is 17.5 Å². The first kappa shape index (κ1) is 73.4. The van der Waals surface area contributed by atoms with Crippen molar-refractivity contribution in [1.29, 1.82) is 0 Å². The Bertz CT molecular complexity index is 9180. The summed E-state index contributed by atoms with van der Waals surface area (Å²) in [5, 5.41) is 30.3. The third kappa shape index (κ3) is 13.7. The topological polar surface area (TPSA) is 150 Å². The number of rotatable bonds is 5. The maximum absolute atomic E-state index is 8.12. The van der Waals surface area contributed by atoms with Gasteiger partial charge in [0.25, 0.3) is 0 Å². The molecule has 0 N–H and O–H groups in total. The molecule has 0 bridgehead atoms. The zero-order valence-corrected chi connectivity index (χ0v) is 73.5. The Labute approximate surface area is 752 Å². The Balaban J connectivity index is 0.000000101. The minimum absolute atomic E-state index is 0.0733.